The summed E-state index contributed by atoms with van der Waals surface area (Å²) in [5, 5.41) is 4.57. The monoisotopic (exact) mass is 263 g/mol. The van der Waals surface area contributed by atoms with Gasteiger partial charge in [-0.15, -0.1) is 0 Å². The van der Waals surface area contributed by atoms with Gasteiger partial charge in [0.15, 0.2) is 0 Å². The summed E-state index contributed by atoms with van der Waals surface area (Å²) in [4.78, 5) is 21.6. The number of anilines is 1. The fourth-order valence-corrected chi connectivity index (χ4v) is 3.70. The standard InChI is InChI=1S/C8H9NO2SSe/c1-5(10)9-7-3-4-12-8(7)13-6(2)11/h3-4H,1-2H3,(H,9,10). The summed E-state index contributed by atoms with van der Waals surface area (Å²) < 4.78 is 1.15. The number of carbonyl (C=O) groups excluding carboxylic acids is 2. The zero-order valence-electron chi connectivity index (χ0n) is 7.29. The predicted octanol–water partition coefficient (Wildman–Crippen LogP) is 0.582. The van der Waals surface area contributed by atoms with E-state index in [-0.39, 0.29) is 25.5 Å². The maximum atomic E-state index is 10.9. The van der Waals surface area contributed by atoms with E-state index in [1.165, 1.54) is 18.3 Å². The molecule has 0 radical (unpaired) electrons. The molecule has 1 amide bonds. The van der Waals surface area contributed by atoms with Gasteiger partial charge >= 0.3 is 86.5 Å². The van der Waals surface area contributed by atoms with Gasteiger partial charge in [-0.2, -0.15) is 0 Å². The minimum absolute atomic E-state index is 0.0981. The van der Waals surface area contributed by atoms with Crippen LogP contribution in [0.4, 0.5) is 5.69 Å². The summed E-state index contributed by atoms with van der Waals surface area (Å²) in [6.07, 6.45) is 0. The van der Waals surface area contributed by atoms with Gasteiger partial charge in [0.05, 0.1) is 0 Å². The SMILES string of the molecule is CC(=O)Nc1ccsc1[Se]C(C)=O. The molecular weight excluding hydrogens is 253 g/mol. The summed E-state index contributed by atoms with van der Waals surface area (Å²) >= 11 is 1.35. The Morgan fingerprint density at radius 3 is 2.69 bits per heavy atom. The third-order valence-electron chi connectivity index (χ3n) is 1.18. The van der Waals surface area contributed by atoms with Crippen LogP contribution in [0.3, 0.4) is 0 Å². The molecule has 0 aliphatic rings. The van der Waals surface area contributed by atoms with Gasteiger partial charge in [-0.3, -0.25) is 0 Å². The Morgan fingerprint density at radius 1 is 1.46 bits per heavy atom. The van der Waals surface area contributed by atoms with Crippen LogP contribution in [0.15, 0.2) is 11.4 Å². The van der Waals surface area contributed by atoms with E-state index in [1.54, 1.807) is 6.92 Å². The quantitative estimate of drug-likeness (QED) is 0.810. The number of rotatable bonds is 3. The Bertz CT molecular complexity index is 304. The second kappa shape index (κ2) is 4.56. The number of nitrogens with one attached hydrogen (secondary N) is 1. The van der Waals surface area contributed by atoms with Crippen LogP contribution >= 0.6 is 11.3 Å². The number of hydrogen-bond donors (Lipinski definition) is 1. The molecule has 0 bridgehead atoms. The number of hydrogen-bond acceptors (Lipinski definition) is 3. The van der Waals surface area contributed by atoms with Crippen LogP contribution < -0.4 is 9.09 Å². The van der Waals surface area contributed by atoms with Crippen molar-refractivity contribution < 1.29 is 9.59 Å². The average Bonchev–Trinajstić information content (AvgIpc) is 2.34. The second-order valence-corrected chi connectivity index (χ2v) is 6.39. The zero-order valence-corrected chi connectivity index (χ0v) is 9.82. The van der Waals surface area contributed by atoms with Crippen molar-refractivity contribution in [3.8, 4) is 0 Å². The van der Waals surface area contributed by atoms with Crippen molar-refractivity contribution in [2.24, 2.45) is 0 Å². The molecule has 0 atom stereocenters. The van der Waals surface area contributed by atoms with Crippen LogP contribution in [0.5, 0.6) is 0 Å². The van der Waals surface area contributed by atoms with Crippen LogP contribution in [-0.4, -0.2) is 25.5 Å². The van der Waals surface area contributed by atoms with Gasteiger partial charge in [0, 0.05) is 0 Å². The number of carbonyl (C=O) groups is 2. The normalized spacial score (nSPS) is 9.69. The van der Waals surface area contributed by atoms with Gasteiger partial charge in [-0.25, -0.2) is 0 Å². The van der Waals surface area contributed by atoms with E-state index < -0.39 is 0 Å². The molecule has 3 nitrogen and oxygen atoms in total. The van der Waals surface area contributed by atoms with Crippen molar-refractivity contribution in [3.05, 3.63) is 11.4 Å². The van der Waals surface area contributed by atoms with E-state index in [0.29, 0.717) is 0 Å². The summed E-state index contributed by atoms with van der Waals surface area (Å²) in [6.45, 7) is 3.03. The molecule has 5 heteroatoms. The average molecular weight is 262 g/mol. The Morgan fingerprint density at radius 2 is 2.15 bits per heavy atom. The third kappa shape index (κ3) is 3.30. The Hall–Kier alpha value is -0.641. The molecule has 1 aromatic rings. The first-order chi connectivity index (χ1) is 6.09. The minimum atomic E-state index is -0.161. The Labute approximate surface area is 86.7 Å². The first-order valence-electron chi connectivity index (χ1n) is 3.63. The van der Waals surface area contributed by atoms with Gasteiger partial charge in [-0.1, -0.05) is 0 Å². The molecule has 0 saturated heterocycles. The summed E-state index contributed by atoms with van der Waals surface area (Å²) in [5.74, 6) is -0.0981. The molecule has 70 valence electrons. The molecule has 1 heterocycles. The van der Waals surface area contributed by atoms with Crippen LogP contribution in [0.25, 0.3) is 0 Å². The van der Waals surface area contributed by atoms with Crippen molar-refractivity contribution in [1.82, 2.24) is 0 Å². The molecule has 1 aromatic heterocycles. The molecule has 0 aliphatic carbocycles. The van der Waals surface area contributed by atoms with E-state index in [9.17, 15) is 9.59 Å². The topological polar surface area (TPSA) is 46.2 Å². The maximum absolute atomic E-state index is 10.9. The Balaban J connectivity index is 2.76. The van der Waals surface area contributed by atoms with E-state index in [0.717, 1.165) is 9.46 Å². The number of thiophene rings is 1. The third-order valence-corrected chi connectivity index (χ3v) is 4.38. The van der Waals surface area contributed by atoms with E-state index in [2.05, 4.69) is 5.32 Å². The van der Waals surface area contributed by atoms with Crippen LogP contribution in [0, 0.1) is 0 Å². The molecule has 0 aromatic carbocycles. The van der Waals surface area contributed by atoms with Gasteiger partial charge in [-0.05, 0) is 0 Å². The summed E-state index contributed by atoms with van der Waals surface area (Å²) in [6, 6.07) is 1.83. The Kier molecular flexibility index (Phi) is 3.66. The van der Waals surface area contributed by atoms with Crippen LogP contribution in [-0.2, 0) is 9.59 Å². The van der Waals surface area contributed by atoms with E-state index in [1.807, 2.05) is 11.4 Å². The molecule has 0 aliphatic heterocycles. The second-order valence-electron chi connectivity index (χ2n) is 2.40. The summed E-state index contributed by atoms with van der Waals surface area (Å²) in [5.41, 5.74) is 0.785. The van der Waals surface area contributed by atoms with Crippen LogP contribution in [0.2, 0.25) is 0 Å². The number of amides is 1. The van der Waals surface area contributed by atoms with Crippen molar-refractivity contribution in [3.63, 3.8) is 0 Å². The zero-order chi connectivity index (χ0) is 9.84. The van der Waals surface area contributed by atoms with E-state index >= 15 is 0 Å². The molecule has 13 heavy (non-hydrogen) atoms. The first kappa shape index (κ1) is 10.4. The fraction of sp³-hybridized carbons (Fsp3) is 0.250. The summed E-state index contributed by atoms with van der Waals surface area (Å²) in [7, 11) is 0. The van der Waals surface area contributed by atoms with Crippen molar-refractivity contribution in [1.29, 1.82) is 0 Å². The van der Waals surface area contributed by atoms with Crippen molar-refractivity contribution >= 4 is 46.3 Å². The molecule has 0 fully saturated rings. The molecule has 0 saturated carbocycles. The van der Waals surface area contributed by atoms with Gasteiger partial charge < -0.3 is 0 Å². The molecule has 0 unspecified atom stereocenters. The van der Waals surface area contributed by atoms with E-state index in [4.69, 9.17) is 0 Å². The molecule has 0 spiro atoms. The first-order valence-corrected chi connectivity index (χ1v) is 6.22. The predicted molar refractivity (Wildman–Crippen MR) is 54.7 cm³/mol. The van der Waals surface area contributed by atoms with Gasteiger partial charge in [0.1, 0.15) is 0 Å². The van der Waals surface area contributed by atoms with Gasteiger partial charge in [0.25, 0.3) is 0 Å². The molecule has 1 N–H and O–H groups in total. The van der Waals surface area contributed by atoms with Crippen molar-refractivity contribution in [2.45, 2.75) is 13.8 Å². The van der Waals surface area contributed by atoms with Crippen molar-refractivity contribution in [2.75, 3.05) is 5.32 Å². The van der Waals surface area contributed by atoms with Crippen LogP contribution in [0.1, 0.15) is 13.8 Å². The fourth-order valence-electron chi connectivity index (χ4n) is 0.787. The van der Waals surface area contributed by atoms with Gasteiger partial charge in [0.2, 0.25) is 0 Å². The molecular formula is C8H9NO2SSe. The molecule has 1 rings (SSSR count).